The van der Waals surface area contributed by atoms with Gasteiger partial charge in [-0.15, -0.1) is 0 Å². The predicted molar refractivity (Wildman–Crippen MR) is 108 cm³/mol. The van der Waals surface area contributed by atoms with E-state index in [1.54, 1.807) is 48.2 Å². The number of anilines is 1. The first-order valence-electron chi connectivity index (χ1n) is 9.41. The number of piperazine rings is 1. The van der Waals surface area contributed by atoms with E-state index in [0.717, 1.165) is 5.69 Å². The molecule has 152 valence electrons. The van der Waals surface area contributed by atoms with Crippen molar-refractivity contribution in [3.05, 3.63) is 64.2 Å². The first-order valence-corrected chi connectivity index (χ1v) is 9.41. The van der Waals surface area contributed by atoms with Crippen molar-refractivity contribution in [1.29, 1.82) is 0 Å². The Kier molecular flexibility index (Phi) is 6.11. The Bertz CT molecular complexity index is 888. The molecule has 1 aliphatic rings. The zero-order valence-electron chi connectivity index (χ0n) is 16.4. The van der Waals surface area contributed by atoms with Gasteiger partial charge >= 0.3 is 0 Å². The van der Waals surface area contributed by atoms with Crippen LogP contribution in [0.3, 0.4) is 0 Å². The molecule has 1 atom stereocenters. The number of nitrogens with zero attached hydrogens (tertiary/aromatic N) is 3. The molecule has 0 spiro atoms. The predicted octanol–water partition coefficient (Wildman–Crippen LogP) is 2.91. The fraction of sp³-hybridized carbons (Fsp3) is 0.333. The number of ether oxygens (including phenoxy) is 1. The second-order valence-electron chi connectivity index (χ2n) is 6.93. The number of non-ortho nitro benzene ring substituents is 1. The van der Waals surface area contributed by atoms with Gasteiger partial charge in [0.15, 0.2) is 11.9 Å². The second-order valence-corrected chi connectivity index (χ2v) is 6.93. The summed E-state index contributed by atoms with van der Waals surface area (Å²) in [6, 6.07) is 13.2. The fourth-order valence-electron chi connectivity index (χ4n) is 3.25. The molecule has 0 aliphatic carbocycles. The molecule has 1 aliphatic heterocycles. The third-order valence-electron chi connectivity index (χ3n) is 4.94. The van der Waals surface area contributed by atoms with E-state index >= 15 is 0 Å². The molecule has 3 rings (SSSR count). The number of amides is 1. The molecule has 8 nitrogen and oxygen atoms in total. The van der Waals surface area contributed by atoms with Crippen LogP contribution in [0.2, 0.25) is 0 Å². The van der Waals surface area contributed by atoms with Gasteiger partial charge in [-0.1, -0.05) is 0 Å². The maximum Gasteiger partial charge on any atom is 0.269 e. The van der Waals surface area contributed by atoms with Crippen molar-refractivity contribution in [3.63, 3.8) is 0 Å². The van der Waals surface area contributed by atoms with Crippen molar-refractivity contribution in [2.45, 2.75) is 20.0 Å². The average molecular weight is 397 g/mol. The first kappa shape index (κ1) is 20.3. The number of benzene rings is 2. The minimum atomic E-state index is -0.635. The van der Waals surface area contributed by atoms with E-state index in [1.807, 2.05) is 0 Å². The topological polar surface area (TPSA) is 93.0 Å². The van der Waals surface area contributed by atoms with Crippen LogP contribution in [0.15, 0.2) is 48.5 Å². The van der Waals surface area contributed by atoms with Crippen molar-refractivity contribution in [2.75, 3.05) is 31.1 Å². The molecule has 1 amide bonds. The molecular formula is C21H23N3O5. The average Bonchev–Trinajstić information content (AvgIpc) is 2.73. The van der Waals surface area contributed by atoms with Crippen LogP contribution in [0.4, 0.5) is 11.4 Å². The van der Waals surface area contributed by atoms with Crippen LogP contribution in [-0.4, -0.2) is 53.8 Å². The van der Waals surface area contributed by atoms with Crippen molar-refractivity contribution >= 4 is 23.1 Å². The lowest BCUT2D eigenvalue weighted by molar-refractivity contribution is -0.384. The Morgan fingerprint density at radius 3 is 2.10 bits per heavy atom. The minimum absolute atomic E-state index is 0.0217. The summed E-state index contributed by atoms with van der Waals surface area (Å²) >= 11 is 0. The van der Waals surface area contributed by atoms with Gasteiger partial charge in [0.05, 0.1) is 4.92 Å². The maximum atomic E-state index is 12.7. The summed E-state index contributed by atoms with van der Waals surface area (Å²) in [6.45, 7) is 5.59. The highest BCUT2D eigenvalue weighted by Gasteiger charge is 2.26. The van der Waals surface area contributed by atoms with Crippen molar-refractivity contribution in [2.24, 2.45) is 0 Å². The van der Waals surface area contributed by atoms with Crippen LogP contribution in [0, 0.1) is 10.1 Å². The van der Waals surface area contributed by atoms with E-state index in [2.05, 4.69) is 4.90 Å². The highest BCUT2D eigenvalue weighted by atomic mass is 16.6. The molecule has 0 radical (unpaired) electrons. The number of hydrogen-bond donors (Lipinski definition) is 0. The molecule has 8 heteroatoms. The number of Topliss-reactive ketones (excluding diaryl/α,β-unsaturated/α-hetero) is 1. The molecule has 1 saturated heterocycles. The Labute approximate surface area is 168 Å². The third kappa shape index (κ3) is 4.90. The molecule has 0 bridgehead atoms. The Morgan fingerprint density at radius 2 is 1.59 bits per heavy atom. The van der Waals surface area contributed by atoms with Crippen LogP contribution in [0.25, 0.3) is 0 Å². The standard InChI is InChI=1S/C21H23N3O5/c1-15(25)17-3-9-20(10-4-17)29-16(2)21(26)23-13-11-22(12-14-23)18-5-7-19(8-6-18)24(27)28/h3-10,16H,11-14H2,1-2H3. The molecule has 0 saturated carbocycles. The molecular weight excluding hydrogens is 374 g/mol. The summed E-state index contributed by atoms with van der Waals surface area (Å²) in [7, 11) is 0. The number of rotatable bonds is 6. The van der Waals surface area contributed by atoms with Crippen molar-refractivity contribution < 1.29 is 19.2 Å². The van der Waals surface area contributed by atoms with Crippen LogP contribution in [0.5, 0.6) is 5.75 Å². The van der Waals surface area contributed by atoms with Gasteiger partial charge in [0.2, 0.25) is 0 Å². The number of nitro benzene ring substituents is 1. The van der Waals surface area contributed by atoms with Gasteiger partial charge in [-0.25, -0.2) is 0 Å². The van der Waals surface area contributed by atoms with Crippen LogP contribution in [-0.2, 0) is 4.79 Å². The maximum absolute atomic E-state index is 12.7. The summed E-state index contributed by atoms with van der Waals surface area (Å²) in [4.78, 5) is 38.2. The number of hydrogen-bond acceptors (Lipinski definition) is 6. The van der Waals surface area contributed by atoms with E-state index in [1.165, 1.54) is 19.1 Å². The lowest BCUT2D eigenvalue weighted by Crippen LogP contribution is -2.52. The minimum Gasteiger partial charge on any atom is -0.481 e. The largest absolute Gasteiger partial charge is 0.481 e. The van der Waals surface area contributed by atoms with Gasteiger partial charge in [0.25, 0.3) is 11.6 Å². The van der Waals surface area contributed by atoms with Gasteiger partial charge in [-0.2, -0.15) is 0 Å². The summed E-state index contributed by atoms with van der Waals surface area (Å²) in [5, 5.41) is 10.8. The van der Waals surface area contributed by atoms with E-state index < -0.39 is 11.0 Å². The molecule has 0 N–H and O–H groups in total. The van der Waals surface area contributed by atoms with Crippen molar-refractivity contribution in [3.8, 4) is 5.75 Å². The molecule has 1 fully saturated rings. The highest BCUT2D eigenvalue weighted by molar-refractivity contribution is 5.94. The molecule has 2 aromatic carbocycles. The molecule has 1 unspecified atom stereocenters. The van der Waals surface area contributed by atoms with Crippen LogP contribution >= 0.6 is 0 Å². The number of nitro groups is 1. The van der Waals surface area contributed by atoms with Gasteiger partial charge in [0.1, 0.15) is 5.75 Å². The zero-order valence-corrected chi connectivity index (χ0v) is 16.4. The van der Waals surface area contributed by atoms with Gasteiger partial charge in [0, 0.05) is 49.6 Å². The summed E-state index contributed by atoms with van der Waals surface area (Å²) in [5.74, 6) is 0.427. The quantitative estimate of drug-likeness (QED) is 0.423. The summed E-state index contributed by atoms with van der Waals surface area (Å²) in [6.07, 6.45) is -0.635. The molecule has 29 heavy (non-hydrogen) atoms. The normalized spacial score (nSPS) is 15.0. The first-order chi connectivity index (χ1) is 13.8. The zero-order chi connectivity index (χ0) is 21.0. The van der Waals surface area contributed by atoms with E-state index in [-0.39, 0.29) is 17.4 Å². The second kappa shape index (κ2) is 8.72. The number of carbonyl (C=O) groups excluding carboxylic acids is 2. The lowest BCUT2D eigenvalue weighted by atomic mass is 10.1. The van der Waals surface area contributed by atoms with Gasteiger partial charge in [-0.3, -0.25) is 19.7 Å². The number of carbonyl (C=O) groups is 2. The molecule has 0 aromatic heterocycles. The van der Waals surface area contributed by atoms with Crippen molar-refractivity contribution in [1.82, 2.24) is 4.90 Å². The Hall–Kier alpha value is -3.42. The van der Waals surface area contributed by atoms with Gasteiger partial charge in [-0.05, 0) is 50.2 Å². The Balaban J connectivity index is 1.53. The van der Waals surface area contributed by atoms with E-state index in [0.29, 0.717) is 37.5 Å². The number of ketones is 1. The summed E-state index contributed by atoms with van der Waals surface area (Å²) < 4.78 is 5.73. The SMILES string of the molecule is CC(=O)c1ccc(OC(C)C(=O)N2CCN(c3ccc([N+](=O)[O-])cc3)CC2)cc1. The Morgan fingerprint density at radius 1 is 1.00 bits per heavy atom. The smallest absolute Gasteiger partial charge is 0.269 e. The lowest BCUT2D eigenvalue weighted by Gasteiger charge is -2.37. The fourth-order valence-corrected chi connectivity index (χ4v) is 3.25. The van der Waals surface area contributed by atoms with E-state index in [9.17, 15) is 19.7 Å². The molecule has 1 heterocycles. The van der Waals surface area contributed by atoms with Crippen LogP contribution in [0.1, 0.15) is 24.2 Å². The highest BCUT2D eigenvalue weighted by Crippen LogP contribution is 2.21. The molecule has 2 aromatic rings. The third-order valence-corrected chi connectivity index (χ3v) is 4.94. The van der Waals surface area contributed by atoms with Gasteiger partial charge < -0.3 is 14.5 Å². The summed E-state index contributed by atoms with van der Waals surface area (Å²) in [5.41, 5.74) is 1.56. The van der Waals surface area contributed by atoms with Crippen LogP contribution < -0.4 is 9.64 Å². The van der Waals surface area contributed by atoms with E-state index in [4.69, 9.17) is 4.74 Å². The monoisotopic (exact) mass is 397 g/mol.